The number of para-hydroxylation sites is 1. The van der Waals surface area contributed by atoms with Gasteiger partial charge >= 0.3 is 0 Å². The van der Waals surface area contributed by atoms with E-state index in [1.165, 1.54) is 0 Å². The topological polar surface area (TPSA) is 58.4 Å². The maximum atomic E-state index is 13.9. The molecule has 1 heterocycles. The summed E-state index contributed by atoms with van der Waals surface area (Å²) in [5.74, 6) is 0.682. The molecule has 0 bridgehead atoms. The third kappa shape index (κ3) is 5.49. The van der Waals surface area contributed by atoms with Gasteiger partial charge in [0, 0.05) is 19.5 Å². The van der Waals surface area contributed by atoms with E-state index in [4.69, 9.17) is 4.98 Å². The lowest BCUT2D eigenvalue weighted by atomic mass is 10.1. The fraction of sp³-hybridized carbons (Fsp3) is 0.367. The fourth-order valence-corrected chi connectivity index (χ4v) is 4.65. The molecule has 1 unspecified atom stereocenters. The first kappa shape index (κ1) is 25.6. The van der Waals surface area contributed by atoms with Crippen molar-refractivity contribution in [3.63, 3.8) is 0 Å². The van der Waals surface area contributed by atoms with Gasteiger partial charge in [0.15, 0.2) is 0 Å². The van der Waals surface area contributed by atoms with Crippen molar-refractivity contribution in [1.29, 1.82) is 0 Å². The van der Waals surface area contributed by atoms with Crippen molar-refractivity contribution < 1.29 is 4.79 Å². The lowest BCUT2D eigenvalue weighted by Gasteiger charge is -2.31. The molecular formula is C30H36N4O2. The minimum atomic E-state index is -0.372. The van der Waals surface area contributed by atoms with Crippen molar-refractivity contribution in [2.75, 3.05) is 27.2 Å². The first-order valence-electron chi connectivity index (χ1n) is 12.9. The molecule has 1 atom stereocenters. The highest BCUT2D eigenvalue weighted by Gasteiger charge is 2.26. The maximum Gasteiger partial charge on any atom is 0.266 e. The predicted molar refractivity (Wildman–Crippen MR) is 148 cm³/mol. The highest BCUT2D eigenvalue weighted by atomic mass is 16.2. The molecule has 0 spiro atoms. The molecular weight excluding hydrogens is 448 g/mol. The molecule has 4 rings (SSSR count). The Bertz CT molecular complexity index is 1410. The molecule has 0 fully saturated rings. The van der Waals surface area contributed by atoms with Crippen LogP contribution in [0.25, 0.3) is 27.4 Å². The number of rotatable bonds is 10. The molecule has 1 amide bonds. The van der Waals surface area contributed by atoms with Crippen LogP contribution in [0, 0.1) is 0 Å². The second-order valence-corrected chi connectivity index (χ2v) is 9.68. The standard InChI is InChI=1S/C30H36N4O2/c1-5-6-7-16-28(35)33(20-19-32(3)4)22(2)29-31-27-15-11-10-14-26(27)30(36)34(29)25-18-17-23-12-8-9-13-24(23)21-25/h8-15,17-18,21-22H,5-7,16,19-20H2,1-4H3. The zero-order valence-corrected chi connectivity index (χ0v) is 21.8. The average molecular weight is 485 g/mol. The summed E-state index contributed by atoms with van der Waals surface area (Å²) in [5, 5.41) is 2.72. The second-order valence-electron chi connectivity index (χ2n) is 9.68. The molecule has 0 radical (unpaired) electrons. The van der Waals surface area contributed by atoms with Gasteiger partial charge in [-0.15, -0.1) is 0 Å². The lowest BCUT2D eigenvalue weighted by molar-refractivity contribution is -0.133. The monoisotopic (exact) mass is 484 g/mol. The van der Waals surface area contributed by atoms with E-state index in [0.29, 0.717) is 29.7 Å². The van der Waals surface area contributed by atoms with Crippen molar-refractivity contribution in [3.05, 3.63) is 82.9 Å². The van der Waals surface area contributed by atoms with Crippen LogP contribution in [0.4, 0.5) is 0 Å². The van der Waals surface area contributed by atoms with E-state index >= 15 is 0 Å². The summed E-state index contributed by atoms with van der Waals surface area (Å²) < 4.78 is 1.70. The van der Waals surface area contributed by atoms with E-state index in [2.05, 4.69) is 17.9 Å². The van der Waals surface area contributed by atoms with Gasteiger partial charge in [-0.1, -0.05) is 62.2 Å². The van der Waals surface area contributed by atoms with E-state index in [9.17, 15) is 9.59 Å². The number of carbonyl (C=O) groups is 1. The van der Waals surface area contributed by atoms with Gasteiger partial charge in [-0.3, -0.25) is 14.2 Å². The number of amides is 1. The van der Waals surface area contributed by atoms with Crippen molar-refractivity contribution >= 4 is 27.6 Å². The Balaban J connectivity index is 1.86. The summed E-state index contributed by atoms with van der Waals surface area (Å²) in [4.78, 5) is 36.2. The number of hydrogen-bond acceptors (Lipinski definition) is 4. The number of unbranched alkanes of at least 4 members (excludes halogenated alkanes) is 2. The number of carbonyl (C=O) groups excluding carboxylic acids is 1. The Kier molecular flexibility index (Phi) is 8.16. The Labute approximate surface area is 213 Å². The van der Waals surface area contributed by atoms with Crippen molar-refractivity contribution in [2.24, 2.45) is 0 Å². The van der Waals surface area contributed by atoms with Gasteiger partial charge in [0.05, 0.1) is 22.6 Å². The molecule has 0 N–H and O–H groups in total. The second kappa shape index (κ2) is 11.5. The summed E-state index contributed by atoms with van der Waals surface area (Å²) in [6.45, 7) is 5.43. The molecule has 6 nitrogen and oxygen atoms in total. The van der Waals surface area contributed by atoms with Crippen LogP contribution in [-0.2, 0) is 4.79 Å². The summed E-state index contributed by atoms with van der Waals surface area (Å²) in [5.41, 5.74) is 1.28. The third-order valence-corrected chi connectivity index (χ3v) is 6.74. The molecule has 0 aliphatic carbocycles. The van der Waals surface area contributed by atoms with Gasteiger partial charge in [0.2, 0.25) is 5.91 Å². The average Bonchev–Trinajstić information content (AvgIpc) is 2.88. The van der Waals surface area contributed by atoms with Crippen molar-refractivity contribution in [2.45, 2.75) is 45.6 Å². The Hall–Kier alpha value is -3.51. The van der Waals surface area contributed by atoms with Crippen LogP contribution >= 0.6 is 0 Å². The number of fused-ring (bicyclic) bond motifs is 2. The van der Waals surface area contributed by atoms with Gasteiger partial charge < -0.3 is 9.80 Å². The summed E-state index contributed by atoms with van der Waals surface area (Å²) >= 11 is 0. The van der Waals surface area contributed by atoms with Gasteiger partial charge in [-0.2, -0.15) is 0 Å². The fourth-order valence-electron chi connectivity index (χ4n) is 4.65. The third-order valence-electron chi connectivity index (χ3n) is 6.74. The number of likely N-dealkylation sites (N-methyl/N-ethyl adjacent to an activating group) is 1. The van der Waals surface area contributed by atoms with Crippen LogP contribution in [0.3, 0.4) is 0 Å². The summed E-state index contributed by atoms with van der Waals surface area (Å²) in [7, 11) is 4.01. The summed E-state index contributed by atoms with van der Waals surface area (Å²) in [6, 6.07) is 21.2. The molecule has 4 aromatic rings. The molecule has 188 valence electrons. The van der Waals surface area contributed by atoms with Crippen LogP contribution in [0.2, 0.25) is 0 Å². The van der Waals surface area contributed by atoms with Crippen molar-refractivity contribution in [1.82, 2.24) is 19.4 Å². The van der Waals surface area contributed by atoms with E-state index in [-0.39, 0.29) is 17.5 Å². The van der Waals surface area contributed by atoms with E-state index < -0.39 is 0 Å². The van der Waals surface area contributed by atoms with Crippen LogP contribution < -0.4 is 5.56 Å². The van der Waals surface area contributed by atoms with Crippen LogP contribution in [0.5, 0.6) is 0 Å². The molecule has 0 saturated heterocycles. The zero-order chi connectivity index (χ0) is 25.7. The van der Waals surface area contributed by atoms with Gasteiger partial charge in [-0.25, -0.2) is 4.98 Å². The minimum Gasteiger partial charge on any atom is -0.331 e. The highest BCUT2D eigenvalue weighted by Crippen LogP contribution is 2.25. The maximum absolute atomic E-state index is 13.9. The molecule has 36 heavy (non-hydrogen) atoms. The SMILES string of the molecule is CCCCCC(=O)N(CCN(C)C)C(C)c1nc2ccccc2c(=O)n1-c1ccc2ccccc2c1. The van der Waals surface area contributed by atoms with E-state index in [1.807, 2.05) is 86.6 Å². The van der Waals surface area contributed by atoms with Gasteiger partial charge in [0.1, 0.15) is 5.82 Å². The minimum absolute atomic E-state index is 0.102. The molecule has 1 aromatic heterocycles. The normalized spacial score (nSPS) is 12.4. The Morgan fingerprint density at radius 3 is 2.42 bits per heavy atom. The van der Waals surface area contributed by atoms with Crippen LogP contribution in [-0.4, -0.2) is 52.4 Å². The van der Waals surface area contributed by atoms with Gasteiger partial charge in [-0.05, 0) is 62.5 Å². The smallest absolute Gasteiger partial charge is 0.266 e. The number of hydrogen-bond donors (Lipinski definition) is 0. The van der Waals surface area contributed by atoms with Crippen LogP contribution in [0.1, 0.15) is 51.4 Å². The molecule has 0 aliphatic heterocycles. The number of nitrogens with zero attached hydrogens (tertiary/aromatic N) is 4. The molecule has 0 saturated carbocycles. The molecule has 6 heteroatoms. The van der Waals surface area contributed by atoms with Crippen LogP contribution in [0.15, 0.2) is 71.5 Å². The Morgan fingerprint density at radius 2 is 1.67 bits per heavy atom. The molecule has 3 aromatic carbocycles. The highest BCUT2D eigenvalue weighted by molar-refractivity contribution is 5.85. The van der Waals surface area contributed by atoms with E-state index in [0.717, 1.165) is 42.3 Å². The largest absolute Gasteiger partial charge is 0.331 e. The predicted octanol–water partition coefficient (Wildman–Crippen LogP) is 5.57. The zero-order valence-electron chi connectivity index (χ0n) is 21.8. The van der Waals surface area contributed by atoms with Crippen molar-refractivity contribution in [3.8, 4) is 5.69 Å². The lowest BCUT2D eigenvalue weighted by Crippen LogP contribution is -2.40. The van der Waals surface area contributed by atoms with E-state index in [1.54, 1.807) is 4.57 Å². The van der Waals surface area contributed by atoms with Gasteiger partial charge in [0.25, 0.3) is 5.56 Å². The number of aromatic nitrogens is 2. The number of benzene rings is 3. The molecule has 0 aliphatic rings. The first-order chi connectivity index (χ1) is 17.4. The summed E-state index contributed by atoms with van der Waals surface area (Å²) in [6.07, 6.45) is 3.45. The quantitative estimate of drug-likeness (QED) is 0.276. The Morgan fingerprint density at radius 1 is 0.944 bits per heavy atom. The first-order valence-corrected chi connectivity index (χ1v) is 12.9.